The number of rotatable bonds is 7. The van der Waals surface area contributed by atoms with Gasteiger partial charge in [-0.2, -0.15) is 0 Å². The maximum Gasteiger partial charge on any atom is 0.333 e. The number of hydrogen-bond donors (Lipinski definition) is 4. The molecule has 7 atom stereocenters. The number of aliphatic hydroxyl groups is 2. The van der Waals surface area contributed by atoms with E-state index < -0.39 is 29.0 Å². The largest absolute Gasteiger partial charge is 0.479 e. The highest BCUT2D eigenvalue weighted by molar-refractivity contribution is 5.96. The van der Waals surface area contributed by atoms with Gasteiger partial charge in [-0.25, -0.2) is 4.79 Å². The van der Waals surface area contributed by atoms with Crippen molar-refractivity contribution < 1.29 is 29.7 Å². The summed E-state index contributed by atoms with van der Waals surface area (Å²) in [6.45, 7) is 7.47. The van der Waals surface area contributed by atoms with Crippen LogP contribution in [0, 0.1) is 46.3 Å². The van der Waals surface area contributed by atoms with E-state index in [4.69, 9.17) is 16.4 Å². The predicted octanol–water partition coefficient (Wildman–Crippen LogP) is 3.27. The number of carbonyl (C=O) groups is 2. The molecule has 0 radical (unpaired) electrons. The van der Waals surface area contributed by atoms with Crippen molar-refractivity contribution >= 4 is 17.6 Å². The van der Waals surface area contributed by atoms with Crippen molar-refractivity contribution in [2.45, 2.75) is 90.8 Å². The van der Waals surface area contributed by atoms with Gasteiger partial charge in [0.25, 0.3) is 5.91 Å². The summed E-state index contributed by atoms with van der Waals surface area (Å²) >= 11 is 0. The highest BCUT2D eigenvalue weighted by Crippen LogP contribution is 2.67. The van der Waals surface area contributed by atoms with Crippen LogP contribution in [0.4, 0.5) is 0 Å². The molecule has 204 valence electrons. The first-order chi connectivity index (χ1) is 17.3. The normalized spacial score (nSPS) is 38.9. The number of allylic oxidation sites excluding steroid dienone is 2. The van der Waals surface area contributed by atoms with Crippen LogP contribution in [0.3, 0.4) is 0 Å². The fourth-order valence-corrected chi connectivity index (χ4v) is 7.88. The molecule has 0 heterocycles. The van der Waals surface area contributed by atoms with E-state index in [0.29, 0.717) is 24.2 Å². The number of carbonyl (C=O) groups excluding carboxylic acids is 1. The molecule has 0 saturated heterocycles. The molecule has 3 fully saturated rings. The summed E-state index contributed by atoms with van der Waals surface area (Å²) < 4.78 is 0. The third kappa shape index (κ3) is 4.70. The Hall–Kier alpha value is -2.37. The van der Waals surface area contributed by atoms with Crippen molar-refractivity contribution in [2.24, 2.45) is 39.2 Å². The Kier molecular flexibility index (Phi) is 7.28. The summed E-state index contributed by atoms with van der Waals surface area (Å²) in [7, 11) is 0. The van der Waals surface area contributed by atoms with Crippen LogP contribution in [0.5, 0.6) is 0 Å². The molecule has 0 aromatic rings. The molecule has 8 nitrogen and oxygen atoms in total. The molecule has 4 N–H and O–H groups in total. The zero-order valence-corrected chi connectivity index (χ0v) is 22.5. The Bertz CT molecular complexity index is 1040. The number of terminal acetylenes is 1. The molecule has 0 aromatic heterocycles. The summed E-state index contributed by atoms with van der Waals surface area (Å²) in [5.41, 5.74) is 0.152. The van der Waals surface area contributed by atoms with E-state index in [2.05, 4.69) is 36.3 Å². The molecule has 1 amide bonds. The van der Waals surface area contributed by atoms with Gasteiger partial charge >= 0.3 is 5.97 Å². The average molecular weight is 515 g/mol. The maximum absolute atomic E-state index is 12.2. The van der Waals surface area contributed by atoms with E-state index in [9.17, 15) is 19.8 Å². The molecule has 3 saturated carbocycles. The van der Waals surface area contributed by atoms with E-state index in [1.165, 1.54) is 5.57 Å². The van der Waals surface area contributed by atoms with Gasteiger partial charge in [0.1, 0.15) is 5.60 Å². The van der Waals surface area contributed by atoms with Crippen LogP contribution in [0.15, 0.2) is 16.8 Å². The number of fused-ring (bicyclic) bond motifs is 5. The lowest BCUT2D eigenvalue weighted by Crippen LogP contribution is -2.54. The number of carboxylic acids is 1. The molecular weight excluding hydrogens is 472 g/mol. The fourth-order valence-electron chi connectivity index (χ4n) is 7.88. The topological polar surface area (TPSA) is 128 Å². The fraction of sp³-hybridized carbons (Fsp3) is 0.759. The van der Waals surface area contributed by atoms with Crippen molar-refractivity contribution in [3.8, 4) is 12.3 Å². The number of aliphatic carboxylic acids is 1. The van der Waals surface area contributed by atoms with Crippen molar-refractivity contribution in [2.75, 3.05) is 13.2 Å². The molecule has 0 bridgehead atoms. The quantitative estimate of drug-likeness (QED) is 0.305. The number of nitrogens with one attached hydrogen (secondary N) is 1. The minimum absolute atomic E-state index is 0.00295. The number of aliphatic hydroxyl groups excluding tert-OH is 1. The number of hydrogen-bond acceptors (Lipinski definition) is 6. The van der Waals surface area contributed by atoms with Crippen LogP contribution in [0.1, 0.15) is 79.1 Å². The molecule has 8 heteroatoms. The lowest BCUT2D eigenvalue weighted by molar-refractivity contribution is -0.153. The molecule has 4 aliphatic carbocycles. The van der Waals surface area contributed by atoms with E-state index in [-0.39, 0.29) is 24.0 Å². The number of oxime groups is 1. The van der Waals surface area contributed by atoms with Crippen LogP contribution in [0.2, 0.25) is 0 Å². The second-order valence-electron chi connectivity index (χ2n) is 12.9. The van der Waals surface area contributed by atoms with Crippen LogP contribution >= 0.6 is 0 Å². The minimum Gasteiger partial charge on any atom is -0.479 e. The zero-order valence-electron chi connectivity index (χ0n) is 22.5. The number of nitrogens with zero attached hydrogens (tertiary/aromatic N) is 1. The van der Waals surface area contributed by atoms with Crippen LogP contribution < -0.4 is 5.32 Å². The SMILES string of the molecule is C#C[C@@]1(O)CCC2C3CCC4=CC(=NOCC(=O)NCC(C)(C)C(O)C(=O)O)CC[C@]4(C)C3CC[C@@]21C. The van der Waals surface area contributed by atoms with Crippen LogP contribution in [0.25, 0.3) is 0 Å². The predicted molar refractivity (Wildman–Crippen MR) is 139 cm³/mol. The van der Waals surface area contributed by atoms with Gasteiger partial charge in [0, 0.05) is 17.4 Å². The van der Waals surface area contributed by atoms with E-state index in [1.54, 1.807) is 13.8 Å². The molecule has 0 spiro atoms. The first kappa shape index (κ1) is 27.7. The highest BCUT2D eigenvalue weighted by Gasteiger charge is 2.63. The van der Waals surface area contributed by atoms with Gasteiger partial charge in [-0.05, 0) is 80.6 Å². The lowest BCUT2D eigenvalue weighted by atomic mass is 9.46. The van der Waals surface area contributed by atoms with E-state index in [0.717, 1.165) is 50.7 Å². The average Bonchev–Trinajstić information content (AvgIpc) is 3.13. The van der Waals surface area contributed by atoms with Gasteiger partial charge in [-0.3, -0.25) is 4.79 Å². The van der Waals surface area contributed by atoms with Crippen molar-refractivity contribution in [1.29, 1.82) is 0 Å². The minimum atomic E-state index is -1.58. The zero-order chi connectivity index (χ0) is 27.2. The van der Waals surface area contributed by atoms with E-state index in [1.807, 2.05) is 0 Å². The summed E-state index contributed by atoms with van der Waals surface area (Å²) in [6.07, 6.45) is 14.0. The summed E-state index contributed by atoms with van der Waals surface area (Å²) in [5.74, 6) is 2.61. The highest BCUT2D eigenvalue weighted by atomic mass is 16.6. The van der Waals surface area contributed by atoms with Gasteiger partial charge in [-0.15, -0.1) is 6.42 Å². The molecule has 4 aliphatic rings. The number of amides is 1. The third-order valence-corrected chi connectivity index (χ3v) is 10.5. The summed E-state index contributed by atoms with van der Waals surface area (Å²) in [4.78, 5) is 28.5. The second kappa shape index (κ2) is 9.74. The van der Waals surface area contributed by atoms with Crippen molar-refractivity contribution in [1.82, 2.24) is 5.32 Å². The smallest absolute Gasteiger partial charge is 0.333 e. The van der Waals surface area contributed by atoms with Gasteiger partial charge in [-0.1, -0.05) is 44.3 Å². The molecule has 0 aromatic carbocycles. The van der Waals surface area contributed by atoms with E-state index >= 15 is 0 Å². The standard InChI is InChI=1S/C29H42N2O6/c1-6-29(36)14-11-22-20-8-7-18-15-19(9-12-27(18,4)21(20)10-13-28(22,29)5)31-37-16-23(32)30-17-26(2,3)24(33)25(34)35/h1,15,20-22,24,33,36H,7-14,16-17H2,2-5H3,(H,30,32)(H,34,35)/t20?,21?,22?,24?,27-,28-,29+/m0/s1. The van der Waals surface area contributed by atoms with Crippen LogP contribution in [-0.2, 0) is 14.4 Å². The Morgan fingerprint density at radius 2 is 1.92 bits per heavy atom. The first-order valence-corrected chi connectivity index (χ1v) is 13.5. The van der Waals surface area contributed by atoms with Gasteiger partial charge < -0.3 is 25.5 Å². The van der Waals surface area contributed by atoms with Crippen LogP contribution in [-0.4, -0.2) is 57.8 Å². The van der Waals surface area contributed by atoms with Gasteiger partial charge in [0.2, 0.25) is 0 Å². The summed E-state index contributed by atoms with van der Waals surface area (Å²) in [5, 5.41) is 36.8. The molecule has 37 heavy (non-hydrogen) atoms. The lowest BCUT2D eigenvalue weighted by Gasteiger charge is -2.58. The Morgan fingerprint density at radius 1 is 1.22 bits per heavy atom. The first-order valence-electron chi connectivity index (χ1n) is 13.5. The summed E-state index contributed by atoms with van der Waals surface area (Å²) in [6, 6.07) is 0. The maximum atomic E-state index is 12.2. The molecular formula is C29H42N2O6. The van der Waals surface area contributed by atoms with Crippen molar-refractivity contribution in [3.05, 3.63) is 11.6 Å². The van der Waals surface area contributed by atoms with Crippen molar-refractivity contribution in [3.63, 3.8) is 0 Å². The molecule has 4 unspecified atom stereocenters. The molecule has 0 aliphatic heterocycles. The Labute approximate surface area is 219 Å². The Balaban J connectivity index is 1.36. The Morgan fingerprint density at radius 3 is 2.59 bits per heavy atom. The van der Waals surface area contributed by atoms with Gasteiger partial charge in [0.15, 0.2) is 12.7 Å². The number of carboxylic acid groups (broad SMARTS) is 1. The second-order valence-corrected chi connectivity index (χ2v) is 12.9. The molecule has 4 rings (SSSR count). The van der Waals surface area contributed by atoms with Gasteiger partial charge in [0.05, 0.1) is 5.71 Å². The monoisotopic (exact) mass is 514 g/mol. The third-order valence-electron chi connectivity index (χ3n) is 10.5.